The van der Waals surface area contributed by atoms with Gasteiger partial charge in [-0.05, 0) is 31.9 Å². The summed E-state index contributed by atoms with van der Waals surface area (Å²) in [7, 11) is 1.51. The van der Waals surface area contributed by atoms with E-state index in [1.807, 2.05) is 0 Å². The lowest BCUT2D eigenvalue weighted by molar-refractivity contribution is 0.396. The summed E-state index contributed by atoms with van der Waals surface area (Å²) in [5.41, 5.74) is 5.65. The van der Waals surface area contributed by atoms with E-state index in [0.29, 0.717) is 26.7 Å². The minimum Gasteiger partial charge on any atom is -0.480 e. The zero-order chi connectivity index (χ0) is 13.8. The SMILES string of the molecule is COc1cnc(Br)c(NNc2nc(Cl)cnc2Br)n1. The molecule has 0 aliphatic rings. The molecule has 0 fully saturated rings. The first-order valence-electron chi connectivity index (χ1n) is 4.86. The van der Waals surface area contributed by atoms with Crippen molar-refractivity contribution in [2.24, 2.45) is 0 Å². The van der Waals surface area contributed by atoms with Gasteiger partial charge in [0, 0.05) is 0 Å². The predicted molar refractivity (Wildman–Crippen MR) is 78.3 cm³/mol. The van der Waals surface area contributed by atoms with E-state index < -0.39 is 0 Å². The van der Waals surface area contributed by atoms with Gasteiger partial charge in [-0.25, -0.2) is 15.0 Å². The molecule has 0 aromatic carbocycles. The lowest BCUT2D eigenvalue weighted by Crippen LogP contribution is -2.13. The van der Waals surface area contributed by atoms with Gasteiger partial charge in [-0.2, -0.15) is 4.98 Å². The summed E-state index contributed by atoms with van der Waals surface area (Å²) in [5.74, 6) is 1.24. The molecule has 2 rings (SSSR count). The molecule has 0 saturated heterocycles. The number of nitrogens with zero attached hydrogens (tertiary/aromatic N) is 4. The monoisotopic (exact) mass is 408 g/mol. The van der Waals surface area contributed by atoms with Gasteiger partial charge < -0.3 is 4.74 Å². The molecule has 7 nitrogen and oxygen atoms in total. The number of halogens is 3. The molecule has 0 atom stereocenters. The minimum absolute atomic E-state index is 0.267. The molecule has 0 spiro atoms. The Bertz CT molecular complexity index is 599. The Morgan fingerprint density at radius 1 is 1.05 bits per heavy atom. The minimum atomic E-state index is 0.267. The maximum atomic E-state index is 5.76. The first kappa shape index (κ1) is 14.2. The molecule has 0 aliphatic heterocycles. The fourth-order valence-corrected chi connectivity index (χ4v) is 1.80. The highest BCUT2D eigenvalue weighted by Crippen LogP contribution is 2.22. The maximum absolute atomic E-state index is 5.76. The number of aromatic nitrogens is 4. The van der Waals surface area contributed by atoms with Crippen molar-refractivity contribution in [3.63, 3.8) is 0 Å². The van der Waals surface area contributed by atoms with Gasteiger partial charge in [0.15, 0.2) is 11.6 Å². The van der Waals surface area contributed by atoms with Crippen molar-refractivity contribution in [3.05, 3.63) is 26.8 Å². The number of hydrogen-bond donors (Lipinski definition) is 2. The highest BCUT2D eigenvalue weighted by molar-refractivity contribution is 9.10. The second-order valence-electron chi connectivity index (χ2n) is 3.13. The number of ether oxygens (including phenoxy) is 1. The van der Waals surface area contributed by atoms with Crippen LogP contribution >= 0.6 is 43.5 Å². The third-order valence-corrected chi connectivity index (χ3v) is 3.26. The maximum Gasteiger partial charge on any atom is 0.234 e. The lowest BCUT2D eigenvalue weighted by Gasteiger charge is -2.10. The van der Waals surface area contributed by atoms with Gasteiger partial charge in [0.1, 0.15) is 14.4 Å². The quantitative estimate of drug-likeness (QED) is 0.750. The number of hydrogen-bond acceptors (Lipinski definition) is 7. The van der Waals surface area contributed by atoms with Crippen LogP contribution in [-0.4, -0.2) is 27.0 Å². The van der Waals surface area contributed by atoms with Crippen molar-refractivity contribution in [2.75, 3.05) is 18.0 Å². The van der Waals surface area contributed by atoms with Crippen LogP contribution < -0.4 is 15.6 Å². The summed E-state index contributed by atoms with van der Waals surface area (Å²) < 4.78 is 6.01. The van der Waals surface area contributed by atoms with Crippen LogP contribution in [0.5, 0.6) is 5.88 Å². The molecule has 2 heterocycles. The second-order valence-corrected chi connectivity index (χ2v) is 5.02. The molecule has 100 valence electrons. The van der Waals surface area contributed by atoms with Crippen molar-refractivity contribution in [1.29, 1.82) is 0 Å². The van der Waals surface area contributed by atoms with Crippen LogP contribution in [0.15, 0.2) is 21.6 Å². The third-order valence-electron chi connectivity index (χ3n) is 1.91. The van der Waals surface area contributed by atoms with Gasteiger partial charge >= 0.3 is 0 Å². The average molecular weight is 410 g/mol. The molecular formula is C9H7Br2ClN6O. The highest BCUT2D eigenvalue weighted by atomic mass is 79.9. The summed E-state index contributed by atoms with van der Waals surface area (Å²) in [6.45, 7) is 0. The van der Waals surface area contributed by atoms with E-state index in [1.165, 1.54) is 19.5 Å². The number of methoxy groups -OCH3 is 1. The molecule has 0 radical (unpaired) electrons. The topological polar surface area (TPSA) is 84.9 Å². The van der Waals surface area contributed by atoms with E-state index in [0.717, 1.165) is 0 Å². The van der Waals surface area contributed by atoms with E-state index in [-0.39, 0.29) is 5.15 Å². The number of nitrogens with one attached hydrogen (secondary N) is 2. The molecule has 0 unspecified atom stereocenters. The Labute approximate surface area is 130 Å². The molecule has 2 N–H and O–H groups in total. The van der Waals surface area contributed by atoms with Gasteiger partial charge in [0.25, 0.3) is 0 Å². The van der Waals surface area contributed by atoms with Crippen LogP contribution in [0.4, 0.5) is 11.6 Å². The largest absolute Gasteiger partial charge is 0.480 e. The van der Waals surface area contributed by atoms with Crippen molar-refractivity contribution in [2.45, 2.75) is 0 Å². The van der Waals surface area contributed by atoms with E-state index in [2.05, 4.69) is 62.6 Å². The lowest BCUT2D eigenvalue weighted by atomic mass is 10.6. The number of hydrazine groups is 1. The number of anilines is 2. The van der Waals surface area contributed by atoms with Crippen LogP contribution in [-0.2, 0) is 0 Å². The average Bonchev–Trinajstić information content (AvgIpc) is 2.41. The Balaban J connectivity index is 2.16. The van der Waals surface area contributed by atoms with Crippen LogP contribution in [0.2, 0.25) is 5.15 Å². The molecule has 10 heteroatoms. The first-order valence-corrected chi connectivity index (χ1v) is 6.83. The summed E-state index contributed by atoms with van der Waals surface area (Å²) in [6.07, 6.45) is 2.92. The Morgan fingerprint density at radius 3 is 2.26 bits per heavy atom. The summed E-state index contributed by atoms with van der Waals surface area (Å²) >= 11 is 12.3. The molecule has 2 aromatic heterocycles. The highest BCUT2D eigenvalue weighted by Gasteiger charge is 2.08. The third kappa shape index (κ3) is 3.64. The van der Waals surface area contributed by atoms with Crippen molar-refractivity contribution in [3.8, 4) is 5.88 Å². The molecule has 2 aromatic rings. The Kier molecular flexibility index (Phi) is 4.72. The van der Waals surface area contributed by atoms with E-state index in [1.54, 1.807) is 0 Å². The zero-order valence-corrected chi connectivity index (χ0v) is 13.4. The summed E-state index contributed by atoms with van der Waals surface area (Å²) in [4.78, 5) is 16.3. The van der Waals surface area contributed by atoms with Crippen LogP contribution in [0, 0.1) is 0 Å². The fraction of sp³-hybridized carbons (Fsp3) is 0.111. The summed E-state index contributed by atoms with van der Waals surface area (Å²) in [5, 5.41) is 0.267. The summed E-state index contributed by atoms with van der Waals surface area (Å²) in [6, 6.07) is 0. The molecule has 0 saturated carbocycles. The van der Waals surface area contributed by atoms with Crippen molar-refractivity contribution >= 4 is 55.1 Å². The smallest absolute Gasteiger partial charge is 0.234 e. The molecular weight excluding hydrogens is 403 g/mol. The van der Waals surface area contributed by atoms with E-state index in [9.17, 15) is 0 Å². The van der Waals surface area contributed by atoms with Gasteiger partial charge in [0.05, 0.1) is 19.5 Å². The molecule has 0 aliphatic carbocycles. The van der Waals surface area contributed by atoms with Crippen LogP contribution in [0.1, 0.15) is 0 Å². The fourth-order valence-electron chi connectivity index (χ4n) is 1.09. The van der Waals surface area contributed by atoms with Gasteiger partial charge in [-0.3, -0.25) is 10.9 Å². The molecule has 0 amide bonds. The van der Waals surface area contributed by atoms with Gasteiger partial charge in [-0.1, -0.05) is 11.6 Å². The van der Waals surface area contributed by atoms with Crippen LogP contribution in [0.3, 0.4) is 0 Å². The zero-order valence-electron chi connectivity index (χ0n) is 9.49. The Hall–Kier alpha value is -1.19. The van der Waals surface area contributed by atoms with Gasteiger partial charge in [-0.15, -0.1) is 0 Å². The molecule has 19 heavy (non-hydrogen) atoms. The predicted octanol–water partition coefficient (Wildman–Crippen LogP) is 2.89. The normalized spacial score (nSPS) is 10.1. The van der Waals surface area contributed by atoms with Crippen molar-refractivity contribution < 1.29 is 4.74 Å². The van der Waals surface area contributed by atoms with Gasteiger partial charge in [0.2, 0.25) is 5.88 Å². The first-order chi connectivity index (χ1) is 9.10. The Morgan fingerprint density at radius 2 is 1.63 bits per heavy atom. The van der Waals surface area contributed by atoms with Crippen LogP contribution in [0.25, 0.3) is 0 Å². The number of rotatable bonds is 4. The van der Waals surface area contributed by atoms with Crippen molar-refractivity contribution in [1.82, 2.24) is 19.9 Å². The molecule has 0 bridgehead atoms. The van der Waals surface area contributed by atoms with E-state index >= 15 is 0 Å². The van der Waals surface area contributed by atoms with E-state index in [4.69, 9.17) is 16.3 Å². The standard InChI is InChI=1S/C9H7Br2ClN6O/c1-19-5-3-14-7(11)9(16-5)18-17-8-6(10)13-2-4(12)15-8/h2-3H,1H3,(H,15,17)(H,16,18). The second kappa shape index (κ2) is 6.31.